The quantitative estimate of drug-likeness (QED) is 0.779. The second-order valence-corrected chi connectivity index (χ2v) is 5.31. The van der Waals surface area contributed by atoms with Crippen LogP contribution in [0, 0.1) is 0 Å². The second-order valence-electron chi connectivity index (χ2n) is 5.31. The van der Waals surface area contributed by atoms with Gasteiger partial charge in [0.05, 0.1) is 11.9 Å². The summed E-state index contributed by atoms with van der Waals surface area (Å²) in [6, 6.07) is 3.48. The molecule has 6 nitrogen and oxygen atoms in total. The van der Waals surface area contributed by atoms with Crippen molar-refractivity contribution in [1.29, 1.82) is 0 Å². The predicted molar refractivity (Wildman–Crippen MR) is 83.7 cm³/mol. The second kappa shape index (κ2) is 7.82. The summed E-state index contributed by atoms with van der Waals surface area (Å²) in [7, 11) is 0. The molecular formula is C16H17F3N4O2. The molecule has 0 aliphatic rings. The molecule has 1 atom stereocenters. The Morgan fingerprint density at radius 3 is 2.36 bits per heavy atom. The molecular weight excluding hydrogens is 337 g/mol. The van der Waals surface area contributed by atoms with Crippen LogP contribution in [0.1, 0.15) is 28.9 Å². The molecule has 9 heteroatoms. The first-order chi connectivity index (χ1) is 11.8. The Hall–Kier alpha value is -2.84. The van der Waals surface area contributed by atoms with E-state index in [0.29, 0.717) is 0 Å². The number of hydrogen-bond donors (Lipinski definition) is 2. The predicted octanol–water partition coefficient (Wildman–Crippen LogP) is 2.01. The van der Waals surface area contributed by atoms with Gasteiger partial charge in [0.2, 0.25) is 5.91 Å². The maximum atomic E-state index is 12.5. The molecule has 0 bridgehead atoms. The summed E-state index contributed by atoms with van der Waals surface area (Å²) < 4.78 is 39.0. The van der Waals surface area contributed by atoms with Crippen molar-refractivity contribution in [3.63, 3.8) is 0 Å². The van der Waals surface area contributed by atoms with E-state index in [-0.39, 0.29) is 24.6 Å². The van der Waals surface area contributed by atoms with Crippen LogP contribution in [0.25, 0.3) is 0 Å². The summed E-state index contributed by atoms with van der Waals surface area (Å²) in [5.41, 5.74) is -0.698. The van der Waals surface area contributed by atoms with Crippen LogP contribution in [0.5, 0.6) is 0 Å². The molecule has 0 aliphatic carbocycles. The van der Waals surface area contributed by atoms with Crippen LogP contribution < -0.4 is 10.6 Å². The monoisotopic (exact) mass is 354 g/mol. The van der Waals surface area contributed by atoms with Crippen molar-refractivity contribution in [2.45, 2.75) is 19.1 Å². The fourth-order valence-electron chi connectivity index (χ4n) is 2.06. The van der Waals surface area contributed by atoms with Crippen molar-refractivity contribution in [3.05, 3.63) is 54.1 Å². The van der Waals surface area contributed by atoms with E-state index in [0.717, 1.165) is 24.3 Å². The van der Waals surface area contributed by atoms with Crippen molar-refractivity contribution in [2.24, 2.45) is 0 Å². The van der Waals surface area contributed by atoms with Gasteiger partial charge in [0.1, 0.15) is 6.04 Å². The van der Waals surface area contributed by atoms with Crippen molar-refractivity contribution >= 4 is 11.8 Å². The smallest absolute Gasteiger partial charge is 0.353 e. The topological polar surface area (TPSA) is 76.0 Å². The number of imidazole rings is 1. The van der Waals surface area contributed by atoms with Crippen molar-refractivity contribution in [1.82, 2.24) is 20.2 Å². The molecule has 0 radical (unpaired) electrons. The Balaban J connectivity index is 1.76. The van der Waals surface area contributed by atoms with Crippen molar-refractivity contribution < 1.29 is 22.8 Å². The zero-order chi connectivity index (χ0) is 18.4. The summed E-state index contributed by atoms with van der Waals surface area (Å²) in [4.78, 5) is 27.6. The van der Waals surface area contributed by atoms with Gasteiger partial charge in [-0.1, -0.05) is 0 Å². The molecule has 0 fully saturated rings. The van der Waals surface area contributed by atoms with Crippen LogP contribution in [0.3, 0.4) is 0 Å². The lowest BCUT2D eigenvalue weighted by molar-refractivity contribution is -0.137. The average molecular weight is 354 g/mol. The van der Waals surface area contributed by atoms with E-state index < -0.39 is 23.7 Å². The van der Waals surface area contributed by atoms with Gasteiger partial charge in [0.15, 0.2) is 0 Å². The van der Waals surface area contributed by atoms with Gasteiger partial charge in [0.25, 0.3) is 5.91 Å². The first-order valence-corrected chi connectivity index (χ1v) is 7.49. The van der Waals surface area contributed by atoms with Crippen LogP contribution in [-0.4, -0.2) is 34.5 Å². The minimum atomic E-state index is -4.44. The highest BCUT2D eigenvalue weighted by atomic mass is 19.4. The number of benzene rings is 1. The number of nitrogens with one attached hydrogen (secondary N) is 2. The standard InChI is InChI=1S/C16H17F3N4O2/c1-11(23-9-8-20-10-23)14(24)21-6-7-22-15(25)12-2-4-13(5-3-12)16(17,18)19/h2-5,8-11H,6-7H2,1H3,(H,21,24)(H,22,25). The lowest BCUT2D eigenvalue weighted by Crippen LogP contribution is -2.37. The lowest BCUT2D eigenvalue weighted by Gasteiger charge is -2.13. The van der Waals surface area contributed by atoms with E-state index in [1.54, 1.807) is 23.9 Å². The van der Waals surface area contributed by atoms with E-state index in [1.807, 2.05) is 0 Å². The summed E-state index contributed by atoms with van der Waals surface area (Å²) in [5.74, 6) is -0.743. The molecule has 2 aromatic rings. The minimum absolute atomic E-state index is 0.117. The third-order valence-corrected chi connectivity index (χ3v) is 3.54. The van der Waals surface area contributed by atoms with Gasteiger partial charge >= 0.3 is 6.18 Å². The molecule has 0 spiro atoms. The Bertz CT molecular complexity index is 712. The number of amides is 2. The fraction of sp³-hybridized carbons (Fsp3) is 0.312. The highest BCUT2D eigenvalue weighted by Gasteiger charge is 2.30. The molecule has 2 amide bonds. The van der Waals surface area contributed by atoms with Gasteiger partial charge < -0.3 is 15.2 Å². The summed E-state index contributed by atoms with van der Waals surface area (Å²) in [6.45, 7) is 2.06. The first-order valence-electron chi connectivity index (χ1n) is 7.49. The molecule has 0 saturated heterocycles. The minimum Gasteiger partial charge on any atom is -0.353 e. The van der Waals surface area contributed by atoms with Crippen LogP contribution in [0.2, 0.25) is 0 Å². The van der Waals surface area contributed by atoms with E-state index in [9.17, 15) is 22.8 Å². The molecule has 0 saturated carbocycles. The maximum Gasteiger partial charge on any atom is 0.416 e. The normalized spacial score (nSPS) is 12.5. The van der Waals surface area contributed by atoms with Gasteiger partial charge in [-0.25, -0.2) is 4.98 Å². The summed E-state index contributed by atoms with van der Waals surface area (Å²) in [5, 5.41) is 5.19. The Morgan fingerprint density at radius 1 is 1.16 bits per heavy atom. The highest BCUT2D eigenvalue weighted by molar-refractivity contribution is 5.94. The Morgan fingerprint density at radius 2 is 1.80 bits per heavy atom. The van der Waals surface area contributed by atoms with Gasteiger partial charge in [-0.15, -0.1) is 0 Å². The Kier molecular flexibility index (Phi) is 5.79. The number of carbonyl (C=O) groups is 2. The van der Waals surface area contributed by atoms with Gasteiger partial charge in [-0.2, -0.15) is 13.2 Å². The van der Waals surface area contributed by atoms with E-state index in [2.05, 4.69) is 15.6 Å². The van der Waals surface area contributed by atoms with E-state index >= 15 is 0 Å². The number of alkyl halides is 3. The Labute approximate surface area is 142 Å². The molecule has 1 heterocycles. The highest BCUT2D eigenvalue weighted by Crippen LogP contribution is 2.28. The zero-order valence-corrected chi connectivity index (χ0v) is 13.4. The third kappa shape index (κ3) is 5.07. The largest absolute Gasteiger partial charge is 0.416 e. The molecule has 2 rings (SSSR count). The van der Waals surface area contributed by atoms with Crippen LogP contribution in [-0.2, 0) is 11.0 Å². The molecule has 0 aliphatic heterocycles. The molecule has 1 unspecified atom stereocenters. The third-order valence-electron chi connectivity index (χ3n) is 3.54. The molecule has 134 valence electrons. The van der Waals surface area contributed by atoms with E-state index in [1.165, 1.54) is 6.33 Å². The van der Waals surface area contributed by atoms with Crippen molar-refractivity contribution in [3.8, 4) is 0 Å². The first kappa shape index (κ1) is 18.5. The number of aromatic nitrogens is 2. The summed E-state index contributed by atoms with van der Waals surface area (Å²) in [6.07, 6.45) is 0.312. The fourth-order valence-corrected chi connectivity index (χ4v) is 2.06. The molecule has 2 N–H and O–H groups in total. The van der Waals surface area contributed by atoms with Crippen LogP contribution >= 0.6 is 0 Å². The van der Waals surface area contributed by atoms with Crippen LogP contribution in [0.15, 0.2) is 43.0 Å². The lowest BCUT2D eigenvalue weighted by atomic mass is 10.1. The molecule has 1 aromatic carbocycles. The van der Waals surface area contributed by atoms with Crippen molar-refractivity contribution in [2.75, 3.05) is 13.1 Å². The molecule has 1 aromatic heterocycles. The van der Waals surface area contributed by atoms with Gasteiger partial charge in [-0.3, -0.25) is 9.59 Å². The van der Waals surface area contributed by atoms with E-state index in [4.69, 9.17) is 0 Å². The number of nitrogens with zero attached hydrogens (tertiary/aromatic N) is 2. The zero-order valence-electron chi connectivity index (χ0n) is 13.4. The summed E-state index contributed by atoms with van der Waals surface area (Å²) >= 11 is 0. The SMILES string of the molecule is CC(C(=O)NCCNC(=O)c1ccc(C(F)(F)F)cc1)n1ccnc1. The number of carbonyl (C=O) groups excluding carboxylic acids is 2. The maximum absolute atomic E-state index is 12.5. The van der Waals surface area contributed by atoms with Crippen LogP contribution in [0.4, 0.5) is 13.2 Å². The number of halogens is 3. The van der Waals surface area contributed by atoms with Gasteiger partial charge in [0, 0.05) is 31.0 Å². The average Bonchev–Trinajstić information content (AvgIpc) is 3.11. The molecule has 25 heavy (non-hydrogen) atoms. The number of rotatable bonds is 6. The number of hydrogen-bond acceptors (Lipinski definition) is 3. The van der Waals surface area contributed by atoms with Gasteiger partial charge in [-0.05, 0) is 31.2 Å².